The lowest BCUT2D eigenvalue weighted by atomic mass is 10.0. The van der Waals surface area contributed by atoms with E-state index in [1.165, 1.54) is 167 Å². The fraction of sp³-hybridized carbons (Fsp3) is 0.868. The number of carboxylic acids is 1. The van der Waals surface area contributed by atoms with Crippen LogP contribution in [0.1, 0.15) is 239 Å². The van der Waals surface area contributed by atoms with E-state index < -0.39 is 24.3 Å². The lowest BCUT2D eigenvalue weighted by Gasteiger charge is -2.26. The van der Waals surface area contributed by atoms with E-state index in [1.807, 2.05) is 21.1 Å². The van der Waals surface area contributed by atoms with E-state index in [4.69, 9.17) is 18.9 Å². The topological polar surface area (TPSA) is 111 Å². The third-order valence-corrected chi connectivity index (χ3v) is 11.5. The van der Waals surface area contributed by atoms with Gasteiger partial charge in [0.2, 0.25) is 0 Å². The summed E-state index contributed by atoms with van der Waals surface area (Å²) in [5, 5.41) is 11.7. The second kappa shape index (κ2) is 45.3. The standard InChI is InChI=1S/C53H99NO8/c1-6-8-10-12-14-16-17-18-19-20-21-22-23-24-25-26-27-28-29-30-31-32-33-34-35-36-38-40-42-44-51(56)62-49(48-61-53(52(57)58)59-46-45-54(3,4)5)47-60-50(55)43-41-39-37-15-13-11-9-7-2/h17-18,20-21,49,53H,6-16,19,22-48H2,1-5H3/b18-17-,21-20-. The van der Waals surface area contributed by atoms with Crippen molar-refractivity contribution in [2.45, 2.75) is 251 Å². The molecule has 0 amide bonds. The Morgan fingerprint density at radius 2 is 0.871 bits per heavy atom. The number of hydrogen-bond donors (Lipinski definition) is 0. The molecule has 0 bridgehead atoms. The molecule has 0 aliphatic carbocycles. The van der Waals surface area contributed by atoms with Gasteiger partial charge in [-0.3, -0.25) is 9.59 Å². The Balaban J connectivity index is 4.06. The first-order valence-corrected chi connectivity index (χ1v) is 26.0. The maximum Gasteiger partial charge on any atom is 0.306 e. The van der Waals surface area contributed by atoms with Gasteiger partial charge in [0, 0.05) is 12.8 Å². The van der Waals surface area contributed by atoms with Crippen molar-refractivity contribution in [1.82, 2.24) is 0 Å². The van der Waals surface area contributed by atoms with Crippen molar-refractivity contribution in [2.75, 3.05) is 47.5 Å². The van der Waals surface area contributed by atoms with Gasteiger partial charge in [-0.1, -0.05) is 205 Å². The second-order valence-electron chi connectivity index (χ2n) is 18.8. The zero-order valence-corrected chi connectivity index (χ0v) is 41.3. The molecule has 0 spiro atoms. The smallest absolute Gasteiger partial charge is 0.306 e. The molecule has 0 radical (unpaired) electrons. The Morgan fingerprint density at radius 1 is 0.484 bits per heavy atom. The zero-order chi connectivity index (χ0) is 45.6. The molecular weight excluding hydrogens is 779 g/mol. The number of unbranched alkanes of at least 4 members (excludes halogenated alkanes) is 29. The summed E-state index contributed by atoms with van der Waals surface area (Å²) in [5.74, 6) is -2.28. The van der Waals surface area contributed by atoms with Crippen LogP contribution in [-0.2, 0) is 33.3 Å². The Kier molecular flexibility index (Phi) is 43.7. The Labute approximate surface area is 382 Å². The van der Waals surface area contributed by atoms with E-state index in [0.717, 1.165) is 44.9 Å². The average molecular weight is 878 g/mol. The third kappa shape index (κ3) is 45.8. The van der Waals surface area contributed by atoms with Crippen LogP contribution in [-0.4, -0.2) is 82.3 Å². The maximum atomic E-state index is 12.8. The summed E-state index contributed by atoms with van der Waals surface area (Å²) < 4.78 is 22.5. The fourth-order valence-corrected chi connectivity index (χ4v) is 7.39. The SMILES string of the molecule is CCCCCCC/C=C\C/C=C\CCCCCCCCCCCCCCCCCCCC(=O)OC(COC(=O)CCCCCCCCCC)COC(OCC[N+](C)(C)C)C(=O)[O-]. The van der Waals surface area contributed by atoms with Gasteiger partial charge in [0.05, 0.1) is 40.3 Å². The van der Waals surface area contributed by atoms with Gasteiger partial charge in [0.1, 0.15) is 13.2 Å². The maximum absolute atomic E-state index is 12.8. The van der Waals surface area contributed by atoms with Gasteiger partial charge in [0.25, 0.3) is 0 Å². The van der Waals surface area contributed by atoms with Crippen LogP contribution in [0, 0.1) is 0 Å². The van der Waals surface area contributed by atoms with Crippen molar-refractivity contribution in [3.8, 4) is 0 Å². The number of rotatable bonds is 48. The van der Waals surface area contributed by atoms with Crippen molar-refractivity contribution in [2.24, 2.45) is 0 Å². The monoisotopic (exact) mass is 878 g/mol. The van der Waals surface area contributed by atoms with Gasteiger partial charge >= 0.3 is 11.9 Å². The van der Waals surface area contributed by atoms with Crippen LogP contribution in [0.5, 0.6) is 0 Å². The predicted molar refractivity (Wildman–Crippen MR) is 256 cm³/mol. The van der Waals surface area contributed by atoms with Crippen LogP contribution in [0.25, 0.3) is 0 Å². The summed E-state index contributed by atoms with van der Waals surface area (Å²) >= 11 is 0. The number of aliphatic carboxylic acids is 1. The average Bonchev–Trinajstić information content (AvgIpc) is 3.23. The Hall–Kier alpha value is -2.23. The highest BCUT2D eigenvalue weighted by Crippen LogP contribution is 2.16. The van der Waals surface area contributed by atoms with Gasteiger partial charge in [-0.15, -0.1) is 0 Å². The molecule has 0 aromatic heterocycles. The zero-order valence-electron chi connectivity index (χ0n) is 41.3. The molecule has 62 heavy (non-hydrogen) atoms. The Morgan fingerprint density at radius 3 is 1.27 bits per heavy atom. The quantitative estimate of drug-likeness (QED) is 0.0195. The lowest BCUT2D eigenvalue weighted by molar-refractivity contribution is -0.870. The number of quaternary nitrogens is 1. The van der Waals surface area contributed by atoms with Crippen LogP contribution >= 0.6 is 0 Å². The van der Waals surface area contributed by atoms with Gasteiger partial charge in [0.15, 0.2) is 12.4 Å². The molecule has 0 N–H and O–H groups in total. The molecule has 0 saturated heterocycles. The molecule has 9 heteroatoms. The Bertz CT molecular complexity index is 1070. The number of carbonyl (C=O) groups is 3. The minimum atomic E-state index is -1.61. The first kappa shape index (κ1) is 59.8. The molecule has 2 unspecified atom stereocenters. The van der Waals surface area contributed by atoms with Crippen LogP contribution in [0.2, 0.25) is 0 Å². The number of allylic oxidation sites excluding steroid dienone is 4. The highest BCUT2D eigenvalue weighted by atomic mass is 16.7. The number of hydrogen-bond acceptors (Lipinski definition) is 8. The largest absolute Gasteiger partial charge is 0.545 e. The molecule has 0 rings (SSSR count). The fourth-order valence-electron chi connectivity index (χ4n) is 7.39. The molecule has 0 aromatic rings. The van der Waals surface area contributed by atoms with Gasteiger partial charge in [-0.2, -0.15) is 0 Å². The second-order valence-corrected chi connectivity index (χ2v) is 18.8. The van der Waals surface area contributed by atoms with Crippen molar-refractivity contribution < 1.29 is 42.9 Å². The van der Waals surface area contributed by atoms with E-state index in [0.29, 0.717) is 17.4 Å². The number of ether oxygens (including phenoxy) is 4. The highest BCUT2D eigenvalue weighted by Gasteiger charge is 2.22. The van der Waals surface area contributed by atoms with E-state index in [2.05, 4.69) is 38.2 Å². The van der Waals surface area contributed by atoms with E-state index in [9.17, 15) is 19.5 Å². The summed E-state index contributed by atoms with van der Waals surface area (Å²) in [6.45, 7) is 4.72. The summed E-state index contributed by atoms with van der Waals surface area (Å²) in [6, 6.07) is 0. The van der Waals surface area contributed by atoms with Crippen molar-refractivity contribution in [3.63, 3.8) is 0 Å². The molecule has 0 aliphatic heterocycles. The lowest BCUT2D eigenvalue weighted by Crippen LogP contribution is -2.44. The number of carboxylic acid groups (broad SMARTS) is 1. The van der Waals surface area contributed by atoms with Crippen molar-refractivity contribution in [1.29, 1.82) is 0 Å². The van der Waals surface area contributed by atoms with E-state index in [1.54, 1.807) is 0 Å². The first-order valence-electron chi connectivity index (χ1n) is 26.0. The van der Waals surface area contributed by atoms with Crippen LogP contribution in [0.3, 0.4) is 0 Å². The summed E-state index contributed by atoms with van der Waals surface area (Å²) in [6.07, 6.45) is 48.2. The third-order valence-electron chi connectivity index (χ3n) is 11.5. The first-order chi connectivity index (χ1) is 30.1. The number of nitrogens with zero attached hydrogens (tertiary/aromatic N) is 1. The molecule has 0 saturated carbocycles. The molecule has 0 heterocycles. The van der Waals surface area contributed by atoms with Crippen LogP contribution in [0.4, 0.5) is 0 Å². The summed E-state index contributed by atoms with van der Waals surface area (Å²) in [5.41, 5.74) is 0. The molecule has 0 aromatic carbocycles. The number of esters is 2. The predicted octanol–water partition coefficient (Wildman–Crippen LogP) is 13.1. The van der Waals surface area contributed by atoms with E-state index >= 15 is 0 Å². The molecule has 0 aliphatic rings. The number of likely N-dealkylation sites (N-methyl/N-ethyl adjacent to an activating group) is 1. The van der Waals surface area contributed by atoms with Crippen molar-refractivity contribution in [3.05, 3.63) is 24.3 Å². The summed E-state index contributed by atoms with van der Waals surface area (Å²) in [4.78, 5) is 36.9. The normalized spacial score (nSPS) is 13.0. The van der Waals surface area contributed by atoms with Crippen molar-refractivity contribution >= 4 is 17.9 Å². The summed E-state index contributed by atoms with van der Waals surface area (Å²) in [7, 11) is 5.91. The molecule has 0 fully saturated rings. The van der Waals surface area contributed by atoms with Gasteiger partial charge in [-0.25, -0.2) is 0 Å². The van der Waals surface area contributed by atoms with Crippen LogP contribution in [0.15, 0.2) is 24.3 Å². The minimum Gasteiger partial charge on any atom is -0.545 e. The highest BCUT2D eigenvalue weighted by molar-refractivity contribution is 5.70. The molecule has 2 atom stereocenters. The number of carbonyl (C=O) groups excluding carboxylic acids is 3. The van der Waals surface area contributed by atoms with E-state index in [-0.39, 0.29) is 32.2 Å². The molecule has 9 nitrogen and oxygen atoms in total. The molecular formula is C53H99NO8. The van der Waals surface area contributed by atoms with Gasteiger partial charge < -0.3 is 33.3 Å². The van der Waals surface area contributed by atoms with Crippen LogP contribution < -0.4 is 5.11 Å². The minimum absolute atomic E-state index is 0.150. The molecule has 364 valence electrons. The van der Waals surface area contributed by atoms with Gasteiger partial charge in [-0.05, 0) is 44.9 Å².